The van der Waals surface area contributed by atoms with Crippen LogP contribution >= 0.6 is 0 Å². The van der Waals surface area contributed by atoms with Crippen LogP contribution in [0.25, 0.3) is 11.1 Å². The summed E-state index contributed by atoms with van der Waals surface area (Å²) in [7, 11) is 0. The van der Waals surface area contributed by atoms with E-state index in [0.29, 0.717) is 12.1 Å². The fourth-order valence-electron chi connectivity index (χ4n) is 2.28. The van der Waals surface area contributed by atoms with Crippen LogP contribution in [0.5, 0.6) is 0 Å². The number of carbonyl (C=O) groups is 1. The molecule has 0 aliphatic rings. The van der Waals surface area contributed by atoms with Gasteiger partial charge in [-0.15, -0.1) is 0 Å². The van der Waals surface area contributed by atoms with Crippen molar-refractivity contribution in [1.29, 1.82) is 0 Å². The van der Waals surface area contributed by atoms with Crippen molar-refractivity contribution in [3.8, 4) is 11.1 Å². The van der Waals surface area contributed by atoms with Crippen molar-refractivity contribution >= 4 is 11.7 Å². The summed E-state index contributed by atoms with van der Waals surface area (Å²) in [5.41, 5.74) is 8.42. The average Bonchev–Trinajstić information content (AvgIpc) is 2.51. The Morgan fingerprint density at radius 2 is 1.96 bits per heavy atom. The summed E-state index contributed by atoms with van der Waals surface area (Å²) in [6.07, 6.45) is 2.30. The highest BCUT2D eigenvalue weighted by Crippen LogP contribution is 2.25. The van der Waals surface area contributed by atoms with Crippen LogP contribution in [0, 0.1) is 6.92 Å². The van der Waals surface area contributed by atoms with E-state index < -0.39 is 11.6 Å². The van der Waals surface area contributed by atoms with Crippen molar-refractivity contribution in [2.45, 2.75) is 46.3 Å². The number of aryl methyl sites for hydroxylation is 1. The predicted molar refractivity (Wildman–Crippen MR) is 95.7 cm³/mol. The third kappa shape index (κ3) is 4.25. The van der Waals surface area contributed by atoms with E-state index in [0.717, 1.165) is 16.7 Å². The van der Waals surface area contributed by atoms with Gasteiger partial charge in [-0.3, -0.25) is 9.59 Å². The Morgan fingerprint density at radius 3 is 2.58 bits per heavy atom. The zero-order valence-corrected chi connectivity index (χ0v) is 14.6. The number of aromatic nitrogens is 1. The second-order valence-corrected chi connectivity index (χ2v) is 6.56. The molecule has 0 spiro atoms. The molecule has 0 amide bonds. The van der Waals surface area contributed by atoms with Crippen LogP contribution in [0.15, 0.2) is 41.3 Å². The van der Waals surface area contributed by atoms with Gasteiger partial charge in [0.05, 0.1) is 0 Å². The van der Waals surface area contributed by atoms with Gasteiger partial charge in [-0.2, -0.15) is 0 Å². The molecule has 2 rings (SSSR count). The molecule has 2 aromatic rings. The molecule has 0 aliphatic carbocycles. The minimum atomic E-state index is -0.531. The summed E-state index contributed by atoms with van der Waals surface area (Å²) in [5.74, 6) is -0.424. The number of carbonyl (C=O) groups excluding carboxylic acids is 1. The highest BCUT2D eigenvalue weighted by molar-refractivity contribution is 5.76. The number of pyridine rings is 1. The third-order valence-corrected chi connectivity index (χ3v) is 4.06. The molecule has 128 valence electrons. The maximum atomic E-state index is 12.3. The van der Waals surface area contributed by atoms with E-state index in [2.05, 4.69) is 0 Å². The number of hydrogen-bond acceptors (Lipinski definition) is 4. The van der Waals surface area contributed by atoms with Crippen LogP contribution in [0.4, 0.5) is 5.69 Å². The van der Waals surface area contributed by atoms with E-state index in [-0.39, 0.29) is 12.1 Å². The molecule has 0 saturated carbocycles. The van der Waals surface area contributed by atoms with Crippen molar-refractivity contribution in [2.75, 3.05) is 5.73 Å². The van der Waals surface area contributed by atoms with Crippen LogP contribution in [-0.4, -0.2) is 16.1 Å². The molecule has 0 fully saturated rings. The van der Waals surface area contributed by atoms with Gasteiger partial charge in [0.15, 0.2) is 0 Å². The number of rotatable bonds is 5. The van der Waals surface area contributed by atoms with E-state index in [1.165, 1.54) is 10.6 Å². The lowest BCUT2D eigenvalue weighted by Gasteiger charge is -2.23. The molecule has 0 unspecified atom stereocenters. The van der Waals surface area contributed by atoms with Gasteiger partial charge in [0.25, 0.3) is 5.56 Å². The van der Waals surface area contributed by atoms with Gasteiger partial charge in [0, 0.05) is 23.5 Å². The van der Waals surface area contributed by atoms with Gasteiger partial charge in [0.2, 0.25) is 0 Å². The molecule has 0 atom stereocenters. The van der Waals surface area contributed by atoms with Crippen LogP contribution in [0.3, 0.4) is 0 Å². The topological polar surface area (TPSA) is 74.3 Å². The highest BCUT2D eigenvalue weighted by Gasteiger charge is 2.20. The smallest absolute Gasteiger partial charge is 0.326 e. The Labute approximate surface area is 142 Å². The predicted octanol–water partition coefficient (Wildman–Crippen LogP) is 3.14. The number of nitrogens with zero attached hydrogens (tertiary/aromatic N) is 1. The molecule has 1 aromatic carbocycles. The van der Waals surface area contributed by atoms with Gasteiger partial charge >= 0.3 is 5.97 Å². The van der Waals surface area contributed by atoms with Crippen LogP contribution < -0.4 is 11.3 Å². The Balaban J connectivity index is 2.23. The van der Waals surface area contributed by atoms with E-state index in [1.807, 2.05) is 45.9 Å². The summed E-state index contributed by atoms with van der Waals surface area (Å²) in [6, 6.07) is 8.95. The Morgan fingerprint density at radius 1 is 1.25 bits per heavy atom. The maximum absolute atomic E-state index is 12.3. The van der Waals surface area contributed by atoms with Gasteiger partial charge < -0.3 is 15.0 Å². The lowest BCUT2D eigenvalue weighted by Crippen LogP contribution is -2.31. The second kappa shape index (κ2) is 6.91. The lowest BCUT2D eigenvalue weighted by molar-refractivity contribution is -0.157. The molecular weight excluding hydrogens is 304 g/mol. The third-order valence-electron chi connectivity index (χ3n) is 4.06. The molecule has 1 aromatic heterocycles. The first-order chi connectivity index (χ1) is 11.2. The Hall–Kier alpha value is -2.56. The van der Waals surface area contributed by atoms with Crippen molar-refractivity contribution in [3.05, 3.63) is 52.4 Å². The molecule has 5 heteroatoms. The van der Waals surface area contributed by atoms with Gasteiger partial charge in [-0.1, -0.05) is 18.6 Å². The monoisotopic (exact) mass is 328 g/mol. The number of anilines is 1. The minimum absolute atomic E-state index is 0.105. The molecule has 0 saturated heterocycles. The largest absolute Gasteiger partial charge is 0.458 e. The summed E-state index contributed by atoms with van der Waals surface area (Å²) in [4.78, 5) is 24.3. The molecule has 1 heterocycles. The van der Waals surface area contributed by atoms with E-state index in [4.69, 9.17) is 10.5 Å². The zero-order valence-electron chi connectivity index (χ0n) is 14.6. The average molecular weight is 328 g/mol. The second-order valence-electron chi connectivity index (χ2n) is 6.56. The first-order valence-electron chi connectivity index (χ1n) is 8.00. The number of benzene rings is 1. The summed E-state index contributed by atoms with van der Waals surface area (Å²) >= 11 is 0. The van der Waals surface area contributed by atoms with Crippen LogP contribution in [-0.2, 0) is 16.1 Å². The molecule has 24 heavy (non-hydrogen) atoms. The Kier molecular flexibility index (Phi) is 5.12. The van der Waals surface area contributed by atoms with Crippen LogP contribution in [0.1, 0.15) is 32.8 Å². The van der Waals surface area contributed by atoms with Crippen molar-refractivity contribution in [3.63, 3.8) is 0 Å². The first kappa shape index (κ1) is 17.8. The number of ether oxygens (including phenoxy) is 1. The quantitative estimate of drug-likeness (QED) is 0.676. The zero-order chi connectivity index (χ0) is 17.9. The number of nitrogens with two attached hydrogens (primary N) is 1. The maximum Gasteiger partial charge on any atom is 0.326 e. The van der Waals surface area contributed by atoms with Gasteiger partial charge in [-0.25, -0.2) is 0 Å². The standard InChI is InChI=1S/C19H24N2O3/c1-5-19(3,4)24-18(23)12-21-9-8-14(11-17(21)22)15-10-13(2)6-7-16(15)20/h6-11H,5,12,20H2,1-4H3. The van der Waals surface area contributed by atoms with Crippen molar-refractivity contribution in [2.24, 2.45) is 0 Å². The summed E-state index contributed by atoms with van der Waals surface area (Å²) < 4.78 is 6.71. The van der Waals surface area contributed by atoms with E-state index in [9.17, 15) is 9.59 Å². The van der Waals surface area contributed by atoms with Gasteiger partial charge in [0.1, 0.15) is 12.1 Å². The molecular formula is C19H24N2O3. The summed E-state index contributed by atoms with van der Waals surface area (Å²) in [5, 5.41) is 0. The van der Waals surface area contributed by atoms with Crippen molar-refractivity contribution in [1.82, 2.24) is 4.57 Å². The Bertz CT molecular complexity index is 806. The molecule has 5 nitrogen and oxygen atoms in total. The van der Waals surface area contributed by atoms with E-state index >= 15 is 0 Å². The normalized spacial score (nSPS) is 11.3. The van der Waals surface area contributed by atoms with Gasteiger partial charge in [-0.05, 0) is 51.0 Å². The van der Waals surface area contributed by atoms with E-state index in [1.54, 1.807) is 12.3 Å². The fraction of sp³-hybridized carbons (Fsp3) is 0.368. The molecule has 2 N–H and O–H groups in total. The number of hydrogen-bond donors (Lipinski definition) is 1. The minimum Gasteiger partial charge on any atom is -0.458 e. The SMILES string of the molecule is CCC(C)(C)OC(=O)Cn1ccc(-c2cc(C)ccc2N)cc1=O. The molecule has 0 bridgehead atoms. The fourth-order valence-corrected chi connectivity index (χ4v) is 2.28. The summed E-state index contributed by atoms with van der Waals surface area (Å²) in [6.45, 7) is 7.50. The highest BCUT2D eigenvalue weighted by atomic mass is 16.6. The lowest BCUT2D eigenvalue weighted by atomic mass is 10.0. The first-order valence-corrected chi connectivity index (χ1v) is 8.00. The van der Waals surface area contributed by atoms with Crippen LogP contribution in [0.2, 0.25) is 0 Å². The number of nitrogen functional groups attached to an aromatic ring is 1. The molecule has 0 radical (unpaired) electrons. The molecule has 0 aliphatic heterocycles. The van der Waals surface area contributed by atoms with Crippen molar-refractivity contribution < 1.29 is 9.53 Å². The number of esters is 1.